The van der Waals surface area contributed by atoms with E-state index in [0.29, 0.717) is 18.4 Å². The van der Waals surface area contributed by atoms with Crippen molar-refractivity contribution in [3.63, 3.8) is 0 Å². The number of benzene rings is 2. The Balaban J connectivity index is 2.47. The predicted octanol–water partition coefficient (Wildman–Crippen LogP) is 4.81. The molecule has 0 aromatic heterocycles. The SMILES string of the molecule is [B]C(=O)N[C@H](Cc1ccccc1)[C@@H](Cc1ccccc1C(=O)O)O[Si](C)(C)C(C)(C)C. The maximum absolute atomic E-state index is 11.9. The molecular formula is C24H32BNO4Si. The fourth-order valence-corrected chi connectivity index (χ4v) is 4.63. The standard InChI is InChI=1S/C24H32BNO4Si/c1-24(2,3)31(4,5)30-21(16-18-13-9-10-14-19(18)22(27)28)20(26-23(25)29)15-17-11-7-6-8-12-17/h6-14,20-21H,15-16H2,1-5H3,(H,26,29)(H,27,28)/t20-,21-/m1/s1. The fraction of sp³-hybridized carbons (Fsp3) is 0.417. The first-order valence-corrected chi connectivity index (χ1v) is 13.4. The van der Waals surface area contributed by atoms with Gasteiger partial charge >= 0.3 is 5.97 Å². The second kappa shape index (κ2) is 10.3. The summed E-state index contributed by atoms with van der Waals surface area (Å²) in [4.78, 5) is 23.6. The highest BCUT2D eigenvalue weighted by atomic mass is 28.4. The van der Waals surface area contributed by atoms with Gasteiger partial charge in [-0.1, -0.05) is 69.3 Å². The van der Waals surface area contributed by atoms with Crippen LogP contribution in [-0.4, -0.2) is 45.2 Å². The van der Waals surface area contributed by atoms with Crippen LogP contribution in [0.1, 0.15) is 42.3 Å². The third-order valence-corrected chi connectivity index (χ3v) is 10.5. The van der Waals surface area contributed by atoms with E-state index in [9.17, 15) is 14.7 Å². The lowest BCUT2D eigenvalue weighted by Gasteiger charge is -2.42. The molecule has 2 aromatic rings. The summed E-state index contributed by atoms with van der Waals surface area (Å²) in [6, 6.07) is 16.3. The number of amides is 1. The molecule has 2 radical (unpaired) electrons. The lowest BCUT2D eigenvalue weighted by atomic mass is 9.93. The van der Waals surface area contributed by atoms with Gasteiger partial charge < -0.3 is 14.8 Å². The number of hydrogen-bond donors (Lipinski definition) is 2. The minimum Gasteiger partial charge on any atom is -0.478 e. The van der Waals surface area contributed by atoms with Crippen LogP contribution in [0.15, 0.2) is 54.6 Å². The largest absolute Gasteiger partial charge is 0.478 e. The summed E-state index contributed by atoms with van der Waals surface area (Å²) in [7, 11) is 3.28. The first-order valence-electron chi connectivity index (χ1n) is 10.5. The van der Waals surface area contributed by atoms with Crippen LogP contribution < -0.4 is 5.32 Å². The predicted molar refractivity (Wildman–Crippen MR) is 127 cm³/mol. The van der Waals surface area contributed by atoms with E-state index in [0.717, 1.165) is 5.56 Å². The Morgan fingerprint density at radius 1 is 1.03 bits per heavy atom. The zero-order chi connectivity index (χ0) is 23.2. The second-order valence-corrected chi connectivity index (χ2v) is 14.1. The topological polar surface area (TPSA) is 75.6 Å². The third kappa shape index (κ3) is 7.08. The number of nitrogens with one attached hydrogen (secondary N) is 1. The summed E-state index contributed by atoms with van der Waals surface area (Å²) in [5, 5.41) is 12.4. The number of hydrogen-bond acceptors (Lipinski definition) is 3. The summed E-state index contributed by atoms with van der Waals surface area (Å²) in [6.07, 6.45) is 0.444. The molecule has 0 spiro atoms. The maximum Gasteiger partial charge on any atom is 0.335 e. The first-order chi connectivity index (χ1) is 14.4. The molecule has 1 amide bonds. The molecule has 0 bridgehead atoms. The van der Waals surface area contributed by atoms with E-state index >= 15 is 0 Å². The molecule has 0 aliphatic heterocycles. The fourth-order valence-electron chi connectivity index (χ4n) is 3.27. The highest BCUT2D eigenvalue weighted by molar-refractivity contribution is 6.74. The molecule has 0 saturated carbocycles. The normalized spacial score (nSPS) is 14.0. The molecule has 0 fully saturated rings. The van der Waals surface area contributed by atoms with Crippen LogP contribution in [0.2, 0.25) is 18.1 Å². The molecule has 7 heteroatoms. The van der Waals surface area contributed by atoms with Gasteiger partial charge in [0.1, 0.15) is 0 Å². The van der Waals surface area contributed by atoms with Crippen LogP contribution >= 0.6 is 0 Å². The molecule has 0 aliphatic carbocycles. The van der Waals surface area contributed by atoms with E-state index in [1.165, 1.54) is 0 Å². The number of carbonyl (C=O) groups excluding carboxylic acids is 1. The van der Waals surface area contributed by atoms with Gasteiger partial charge in [0.25, 0.3) is 0 Å². The number of aromatic carboxylic acids is 1. The highest BCUT2D eigenvalue weighted by Crippen LogP contribution is 2.38. The van der Waals surface area contributed by atoms with Crippen molar-refractivity contribution in [3.05, 3.63) is 71.3 Å². The summed E-state index contributed by atoms with van der Waals surface area (Å²) in [5.74, 6) is -1.61. The summed E-state index contributed by atoms with van der Waals surface area (Å²) in [6.45, 7) is 10.7. The molecule has 2 aromatic carbocycles. The van der Waals surface area contributed by atoms with Crippen LogP contribution in [0.25, 0.3) is 0 Å². The average Bonchev–Trinajstić information content (AvgIpc) is 2.66. The number of rotatable bonds is 9. The van der Waals surface area contributed by atoms with Gasteiger partial charge in [0.05, 0.1) is 17.7 Å². The van der Waals surface area contributed by atoms with Gasteiger partial charge in [0, 0.05) is 6.42 Å². The quantitative estimate of drug-likeness (QED) is 0.553. The van der Waals surface area contributed by atoms with Crippen molar-refractivity contribution < 1.29 is 19.1 Å². The molecular weight excluding hydrogens is 405 g/mol. The third-order valence-electron chi connectivity index (χ3n) is 6.00. The zero-order valence-electron chi connectivity index (χ0n) is 19.0. The Kier molecular flexibility index (Phi) is 8.26. The second-order valence-electron chi connectivity index (χ2n) is 9.39. The molecule has 0 aliphatic rings. The zero-order valence-corrected chi connectivity index (χ0v) is 20.0. The molecule has 0 saturated heterocycles. The Morgan fingerprint density at radius 3 is 2.16 bits per heavy atom. The van der Waals surface area contributed by atoms with Crippen molar-refractivity contribution in [3.8, 4) is 0 Å². The first kappa shape index (κ1) is 24.9. The van der Waals surface area contributed by atoms with E-state index in [1.54, 1.807) is 18.2 Å². The van der Waals surface area contributed by atoms with Crippen molar-refractivity contribution in [2.45, 2.75) is 63.9 Å². The summed E-state index contributed by atoms with van der Waals surface area (Å²) < 4.78 is 6.75. The molecule has 2 rings (SSSR count). The minimum absolute atomic E-state index is 0.0540. The summed E-state index contributed by atoms with van der Waals surface area (Å²) >= 11 is 0. The Hall–Kier alpha value is -2.38. The van der Waals surface area contributed by atoms with Gasteiger partial charge in [0.15, 0.2) is 14.1 Å². The van der Waals surface area contributed by atoms with E-state index in [-0.39, 0.29) is 10.6 Å². The van der Waals surface area contributed by atoms with Gasteiger partial charge in [-0.3, -0.25) is 4.79 Å². The molecule has 31 heavy (non-hydrogen) atoms. The van der Waals surface area contributed by atoms with E-state index in [1.807, 2.05) is 36.4 Å². The van der Waals surface area contributed by atoms with Crippen molar-refractivity contribution in [2.24, 2.45) is 0 Å². The van der Waals surface area contributed by atoms with E-state index in [4.69, 9.17) is 12.3 Å². The van der Waals surface area contributed by atoms with Gasteiger partial charge in [-0.05, 0) is 41.7 Å². The molecule has 5 nitrogen and oxygen atoms in total. The molecule has 164 valence electrons. The Morgan fingerprint density at radius 2 is 1.61 bits per heavy atom. The maximum atomic E-state index is 11.9. The van der Waals surface area contributed by atoms with Crippen LogP contribution in [0.5, 0.6) is 0 Å². The lowest BCUT2D eigenvalue weighted by molar-refractivity contribution is 0.0694. The molecule has 2 N–H and O–H groups in total. The van der Waals surface area contributed by atoms with Crippen LogP contribution in [-0.2, 0) is 17.3 Å². The average molecular weight is 437 g/mol. The van der Waals surface area contributed by atoms with Gasteiger partial charge in [-0.15, -0.1) is 0 Å². The van der Waals surface area contributed by atoms with Gasteiger partial charge in [-0.2, -0.15) is 0 Å². The molecule has 0 heterocycles. The van der Waals surface area contributed by atoms with E-state index in [2.05, 4.69) is 39.2 Å². The molecule has 2 atom stereocenters. The number of carboxylic acids is 1. The van der Waals surface area contributed by atoms with Crippen LogP contribution in [0.4, 0.5) is 4.79 Å². The number of carbonyl (C=O) groups is 2. The van der Waals surface area contributed by atoms with Crippen molar-refractivity contribution in [1.82, 2.24) is 5.32 Å². The Bertz CT molecular complexity index is 896. The summed E-state index contributed by atoms with van der Waals surface area (Å²) in [5.41, 5.74) is 1.95. The van der Waals surface area contributed by atoms with E-state index < -0.39 is 32.2 Å². The van der Waals surface area contributed by atoms with Crippen molar-refractivity contribution in [1.29, 1.82) is 0 Å². The molecule has 0 unspecified atom stereocenters. The van der Waals surface area contributed by atoms with Crippen molar-refractivity contribution >= 4 is 27.9 Å². The minimum atomic E-state index is -2.24. The van der Waals surface area contributed by atoms with Crippen LogP contribution in [0, 0.1) is 0 Å². The van der Waals surface area contributed by atoms with Gasteiger partial charge in [-0.25, -0.2) is 4.79 Å². The Labute approximate surface area is 187 Å². The highest BCUT2D eigenvalue weighted by Gasteiger charge is 2.41. The lowest BCUT2D eigenvalue weighted by Crippen LogP contribution is -2.53. The monoisotopic (exact) mass is 437 g/mol. The smallest absolute Gasteiger partial charge is 0.335 e. The van der Waals surface area contributed by atoms with Crippen molar-refractivity contribution in [2.75, 3.05) is 0 Å². The van der Waals surface area contributed by atoms with Crippen LogP contribution in [0.3, 0.4) is 0 Å². The van der Waals surface area contributed by atoms with Gasteiger partial charge in [0.2, 0.25) is 7.85 Å². The number of carboxylic acid groups (broad SMARTS) is 1.